The second-order valence-electron chi connectivity index (χ2n) is 7.10. The van der Waals surface area contributed by atoms with Crippen molar-refractivity contribution in [1.82, 2.24) is 24.7 Å². The van der Waals surface area contributed by atoms with E-state index < -0.39 is 0 Å². The fourth-order valence-electron chi connectivity index (χ4n) is 3.25. The zero-order valence-electron chi connectivity index (χ0n) is 17.6. The number of amides is 1. The van der Waals surface area contributed by atoms with Gasteiger partial charge in [0.1, 0.15) is 5.82 Å². The first-order valence-corrected chi connectivity index (χ1v) is 12.1. The lowest BCUT2D eigenvalue weighted by molar-refractivity contribution is -0.113. The first-order valence-electron chi connectivity index (χ1n) is 10.2. The fraction of sp³-hybridized carbons (Fsp3) is 0.0417. The summed E-state index contributed by atoms with van der Waals surface area (Å²) in [6, 6.07) is 19.7. The smallest absolute Gasteiger partial charge is 0.236 e. The lowest BCUT2D eigenvalue weighted by Crippen LogP contribution is -2.14. The zero-order chi connectivity index (χ0) is 23.3. The third-order valence-electron chi connectivity index (χ3n) is 4.77. The molecular formula is C24H17FN6OS2. The Hall–Kier alpha value is -3.89. The minimum atomic E-state index is -0.333. The number of hydrogen-bond donors (Lipinski definition) is 1. The van der Waals surface area contributed by atoms with E-state index in [2.05, 4.69) is 25.5 Å². The number of aromatic nitrogens is 5. The molecule has 0 radical (unpaired) electrons. The van der Waals surface area contributed by atoms with Crippen LogP contribution in [0.15, 0.2) is 89.7 Å². The molecule has 1 amide bonds. The van der Waals surface area contributed by atoms with Crippen LogP contribution in [0, 0.1) is 5.82 Å². The van der Waals surface area contributed by atoms with Crippen LogP contribution in [-0.4, -0.2) is 36.4 Å². The van der Waals surface area contributed by atoms with Gasteiger partial charge in [-0.3, -0.25) is 14.3 Å². The number of anilines is 1. The topological polar surface area (TPSA) is 85.6 Å². The number of thioether (sulfide) groups is 1. The molecule has 0 aliphatic heterocycles. The molecule has 34 heavy (non-hydrogen) atoms. The highest BCUT2D eigenvalue weighted by molar-refractivity contribution is 7.99. The van der Waals surface area contributed by atoms with Crippen molar-refractivity contribution in [3.05, 3.63) is 90.3 Å². The maximum atomic E-state index is 13.5. The van der Waals surface area contributed by atoms with Crippen molar-refractivity contribution >= 4 is 34.1 Å². The molecular weight excluding hydrogens is 471 g/mol. The summed E-state index contributed by atoms with van der Waals surface area (Å²) in [6.45, 7) is 0. The van der Waals surface area contributed by atoms with Crippen LogP contribution in [0.4, 0.5) is 9.52 Å². The fourth-order valence-corrected chi connectivity index (χ4v) is 4.74. The largest absolute Gasteiger partial charge is 0.301 e. The minimum absolute atomic E-state index is 0.118. The monoisotopic (exact) mass is 488 g/mol. The molecule has 0 atom stereocenters. The molecule has 0 unspecified atom stereocenters. The van der Waals surface area contributed by atoms with Crippen LogP contribution in [-0.2, 0) is 4.79 Å². The Labute approximate surface area is 202 Å². The molecule has 3 heterocycles. The Kier molecular flexibility index (Phi) is 6.41. The van der Waals surface area contributed by atoms with Gasteiger partial charge in [-0.15, -0.1) is 21.5 Å². The molecule has 5 rings (SSSR count). The molecule has 168 valence electrons. The number of para-hydroxylation sites is 1. The van der Waals surface area contributed by atoms with Gasteiger partial charge in [0.05, 0.1) is 11.4 Å². The lowest BCUT2D eigenvalue weighted by atomic mass is 10.2. The zero-order valence-corrected chi connectivity index (χ0v) is 19.3. The van der Waals surface area contributed by atoms with Gasteiger partial charge >= 0.3 is 0 Å². The van der Waals surface area contributed by atoms with E-state index in [1.165, 1.54) is 35.2 Å². The molecule has 1 N–H and O–H groups in total. The molecule has 3 aromatic heterocycles. The van der Waals surface area contributed by atoms with Crippen LogP contribution < -0.4 is 5.32 Å². The van der Waals surface area contributed by atoms with E-state index in [4.69, 9.17) is 0 Å². The van der Waals surface area contributed by atoms with Crippen LogP contribution in [0.3, 0.4) is 0 Å². The number of nitrogens with zero attached hydrogens (tertiary/aromatic N) is 5. The number of hydrogen-bond acceptors (Lipinski definition) is 7. The Bertz CT molecular complexity index is 1420. The van der Waals surface area contributed by atoms with Crippen molar-refractivity contribution in [1.29, 1.82) is 0 Å². The molecule has 0 saturated heterocycles. The average Bonchev–Trinajstić information content (AvgIpc) is 3.51. The second-order valence-corrected chi connectivity index (χ2v) is 8.90. The minimum Gasteiger partial charge on any atom is -0.301 e. The van der Waals surface area contributed by atoms with Crippen LogP contribution >= 0.6 is 23.1 Å². The molecule has 2 aromatic carbocycles. The molecule has 0 spiro atoms. The average molecular weight is 489 g/mol. The van der Waals surface area contributed by atoms with E-state index >= 15 is 0 Å². The number of pyridine rings is 1. The normalized spacial score (nSPS) is 10.9. The van der Waals surface area contributed by atoms with Gasteiger partial charge in [-0.05, 0) is 36.4 Å². The second kappa shape index (κ2) is 9.94. The third-order valence-corrected chi connectivity index (χ3v) is 6.46. The standard InChI is InChI=1S/C24H17FN6OS2/c25-18-8-4-6-16(12-18)20-14-33-23(27-20)28-21(32)15-34-24-30-29-22(17-7-5-11-26-13-17)31(24)19-9-2-1-3-10-19/h1-14H,15H2,(H,27,28,32). The van der Waals surface area contributed by atoms with Crippen molar-refractivity contribution in [3.8, 4) is 28.3 Å². The Morgan fingerprint density at radius 1 is 1.03 bits per heavy atom. The van der Waals surface area contributed by atoms with Crippen molar-refractivity contribution in [3.63, 3.8) is 0 Å². The molecule has 10 heteroatoms. The molecule has 0 bridgehead atoms. The number of thiazole rings is 1. The van der Waals surface area contributed by atoms with Crippen LogP contribution in [0.25, 0.3) is 28.3 Å². The van der Waals surface area contributed by atoms with Gasteiger partial charge in [-0.2, -0.15) is 0 Å². The summed E-state index contributed by atoms with van der Waals surface area (Å²) in [5, 5.41) is 14.3. The van der Waals surface area contributed by atoms with E-state index in [-0.39, 0.29) is 17.5 Å². The number of nitrogens with one attached hydrogen (secondary N) is 1. The molecule has 7 nitrogen and oxygen atoms in total. The van der Waals surface area contributed by atoms with Gasteiger partial charge < -0.3 is 5.32 Å². The lowest BCUT2D eigenvalue weighted by Gasteiger charge is -2.10. The van der Waals surface area contributed by atoms with Gasteiger partial charge in [-0.1, -0.05) is 42.1 Å². The predicted molar refractivity (Wildman–Crippen MR) is 131 cm³/mol. The Morgan fingerprint density at radius 3 is 2.68 bits per heavy atom. The predicted octanol–water partition coefficient (Wildman–Crippen LogP) is 5.32. The highest BCUT2D eigenvalue weighted by atomic mass is 32.2. The first-order chi connectivity index (χ1) is 16.7. The van der Waals surface area contributed by atoms with Crippen LogP contribution in [0.2, 0.25) is 0 Å². The SMILES string of the molecule is O=C(CSc1nnc(-c2cccnc2)n1-c1ccccc1)Nc1nc(-c2cccc(F)c2)cs1. The molecule has 0 aliphatic carbocycles. The Morgan fingerprint density at radius 2 is 1.88 bits per heavy atom. The molecule has 0 saturated carbocycles. The summed E-state index contributed by atoms with van der Waals surface area (Å²) in [7, 11) is 0. The maximum Gasteiger partial charge on any atom is 0.236 e. The Balaban J connectivity index is 1.32. The van der Waals surface area contributed by atoms with Crippen molar-refractivity contribution in [2.75, 3.05) is 11.1 Å². The van der Waals surface area contributed by atoms with Gasteiger partial charge in [0.25, 0.3) is 0 Å². The molecule has 5 aromatic rings. The van der Waals surface area contributed by atoms with Crippen molar-refractivity contribution in [2.45, 2.75) is 5.16 Å². The van der Waals surface area contributed by atoms with Gasteiger partial charge in [-0.25, -0.2) is 9.37 Å². The van der Waals surface area contributed by atoms with E-state index in [9.17, 15) is 9.18 Å². The summed E-state index contributed by atoms with van der Waals surface area (Å²) >= 11 is 2.56. The maximum absolute atomic E-state index is 13.5. The van der Waals surface area contributed by atoms with E-state index in [1.807, 2.05) is 47.0 Å². The van der Waals surface area contributed by atoms with Gasteiger partial charge in [0.15, 0.2) is 16.1 Å². The number of halogens is 1. The summed E-state index contributed by atoms with van der Waals surface area (Å²) in [5.74, 6) is 0.200. The quantitative estimate of drug-likeness (QED) is 0.312. The summed E-state index contributed by atoms with van der Waals surface area (Å²) in [5.41, 5.74) is 2.97. The molecule has 0 aliphatic rings. The summed E-state index contributed by atoms with van der Waals surface area (Å²) < 4.78 is 15.4. The van der Waals surface area contributed by atoms with E-state index in [0.29, 0.717) is 27.4 Å². The van der Waals surface area contributed by atoms with Crippen LogP contribution in [0.5, 0.6) is 0 Å². The van der Waals surface area contributed by atoms with Crippen molar-refractivity contribution in [2.24, 2.45) is 0 Å². The summed E-state index contributed by atoms with van der Waals surface area (Å²) in [4.78, 5) is 21.2. The van der Waals surface area contributed by atoms with Crippen molar-refractivity contribution < 1.29 is 9.18 Å². The highest BCUT2D eigenvalue weighted by Crippen LogP contribution is 2.28. The third kappa shape index (κ3) is 4.87. The van der Waals surface area contributed by atoms with Crippen LogP contribution in [0.1, 0.15) is 0 Å². The van der Waals surface area contributed by atoms with E-state index in [1.54, 1.807) is 29.9 Å². The molecule has 0 fully saturated rings. The highest BCUT2D eigenvalue weighted by Gasteiger charge is 2.18. The number of carbonyl (C=O) groups excluding carboxylic acids is 1. The van der Waals surface area contributed by atoms with Gasteiger partial charge in [0, 0.05) is 34.6 Å². The first kappa shape index (κ1) is 21.9. The van der Waals surface area contributed by atoms with E-state index in [0.717, 1.165) is 11.3 Å². The summed E-state index contributed by atoms with van der Waals surface area (Å²) in [6.07, 6.45) is 3.42. The number of rotatable bonds is 7. The van der Waals surface area contributed by atoms with Gasteiger partial charge in [0.2, 0.25) is 5.91 Å². The number of benzene rings is 2. The number of carbonyl (C=O) groups is 1.